The highest BCUT2D eigenvalue weighted by molar-refractivity contribution is 6.30. The predicted octanol–water partition coefficient (Wildman–Crippen LogP) is 2.72. The van der Waals surface area contributed by atoms with Crippen molar-refractivity contribution in [2.45, 2.75) is 32.3 Å². The first-order valence-electron chi connectivity index (χ1n) is 5.92. The quantitative estimate of drug-likeness (QED) is 0.915. The maximum atomic E-state index is 13.1. The van der Waals surface area contributed by atoms with Gasteiger partial charge in [0.2, 0.25) is 0 Å². The van der Waals surface area contributed by atoms with Gasteiger partial charge in [-0.3, -0.25) is 0 Å². The molecule has 1 saturated heterocycles. The van der Waals surface area contributed by atoms with E-state index in [-0.39, 0.29) is 11.9 Å². The Bertz CT molecular complexity index is 405. The average Bonchev–Trinajstić information content (AvgIpc) is 2.57. The number of rotatable bonds is 4. The first-order valence-corrected chi connectivity index (χ1v) is 6.30. The molecule has 1 heterocycles. The summed E-state index contributed by atoms with van der Waals surface area (Å²) in [5, 5.41) is 3.62. The number of halogens is 2. The Labute approximate surface area is 111 Å². The Morgan fingerprint density at radius 2 is 2.22 bits per heavy atom. The second-order valence-corrected chi connectivity index (χ2v) is 5.30. The van der Waals surface area contributed by atoms with Crippen molar-refractivity contribution >= 4 is 11.6 Å². The highest BCUT2D eigenvalue weighted by Gasteiger charge is 2.32. The van der Waals surface area contributed by atoms with Crippen LogP contribution in [0.2, 0.25) is 5.02 Å². The fourth-order valence-corrected chi connectivity index (χ4v) is 2.20. The molecule has 0 bridgehead atoms. The standard InChI is InChI=1S/C13H17ClFNO2/c1-13(2)17-8-12(18-13)7-16-6-9-3-10(14)5-11(15)4-9/h3-5,12,16H,6-8H2,1-2H3. The van der Waals surface area contributed by atoms with Gasteiger partial charge < -0.3 is 14.8 Å². The number of hydrogen-bond donors (Lipinski definition) is 1. The zero-order valence-corrected chi connectivity index (χ0v) is 11.3. The molecule has 1 unspecified atom stereocenters. The van der Waals surface area contributed by atoms with Crippen LogP contribution in [0.5, 0.6) is 0 Å². The van der Waals surface area contributed by atoms with Crippen LogP contribution in [0.3, 0.4) is 0 Å². The van der Waals surface area contributed by atoms with E-state index in [1.165, 1.54) is 12.1 Å². The molecule has 100 valence electrons. The van der Waals surface area contributed by atoms with Gasteiger partial charge in [0.25, 0.3) is 0 Å². The van der Waals surface area contributed by atoms with Crippen LogP contribution in [0.15, 0.2) is 18.2 Å². The van der Waals surface area contributed by atoms with Crippen molar-refractivity contribution in [3.05, 3.63) is 34.6 Å². The monoisotopic (exact) mass is 273 g/mol. The maximum absolute atomic E-state index is 13.1. The van der Waals surface area contributed by atoms with Crippen molar-refractivity contribution in [1.29, 1.82) is 0 Å². The maximum Gasteiger partial charge on any atom is 0.163 e. The van der Waals surface area contributed by atoms with Crippen molar-refractivity contribution < 1.29 is 13.9 Å². The van der Waals surface area contributed by atoms with E-state index in [0.29, 0.717) is 24.7 Å². The van der Waals surface area contributed by atoms with E-state index in [4.69, 9.17) is 21.1 Å². The normalized spacial score (nSPS) is 22.3. The molecule has 3 nitrogen and oxygen atoms in total. The molecule has 1 fully saturated rings. The van der Waals surface area contributed by atoms with Crippen LogP contribution in [-0.2, 0) is 16.0 Å². The molecule has 1 aromatic carbocycles. The Balaban J connectivity index is 1.79. The van der Waals surface area contributed by atoms with Crippen LogP contribution in [-0.4, -0.2) is 25.0 Å². The van der Waals surface area contributed by atoms with Gasteiger partial charge in [-0.05, 0) is 37.6 Å². The molecule has 18 heavy (non-hydrogen) atoms. The summed E-state index contributed by atoms with van der Waals surface area (Å²) in [6, 6.07) is 4.50. The minimum atomic E-state index is -0.505. The van der Waals surface area contributed by atoms with Crippen LogP contribution >= 0.6 is 11.6 Å². The molecule has 1 N–H and O–H groups in total. The molecule has 1 aliphatic heterocycles. The predicted molar refractivity (Wildman–Crippen MR) is 68.0 cm³/mol. The molecule has 0 spiro atoms. The lowest BCUT2D eigenvalue weighted by atomic mass is 10.2. The Morgan fingerprint density at radius 3 is 2.83 bits per heavy atom. The number of ether oxygens (including phenoxy) is 2. The van der Waals surface area contributed by atoms with E-state index < -0.39 is 5.79 Å². The van der Waals surface area contributed by atoms with Gasteiger partial charge in [-0.2, -0.15) is 0 Å². The summed E-state index contributed by atoms with van der Waals surface area (Å²) in [6.45, 7) is 5.57. The van der Waals surface area contributed by atoms with Gasteiger partial charge in [0, 0.05) is 18.1 Å². The van der Waals surface area contributed by atoms with Gasteiger partial charge in [-0.25, -0.2) is 4.39 Å². The van der Waals surface area contributed by atoms with E-state index in [9.17, 15) is 4.39 Å². The smallest absolute Gasteiger partial charge is 0.163 e. The van der Waals surface area contributed by atoms with Gasteiger partial charge in [0.1, 0.15) is 5.82 Å². The SMILES string of the molecule is CC1(C)OCC(CNCc2cc(F)cc(Cl)c2)O1. The van der Waals surface area contributed by atoms with Gasteiger partial charge in [-0.15, -0.1) is 0 Å². The first-order chi connectivity index (χ1) is 8.44. The van der Waals surface area contributed by atoms with Gasteiger partial charge in [-0.1, -0.05) is 11.6 Å². The topological polar surface area (TPSA) is 30.5 Å². The molecular formula is C13H17ClFNO2. The number of benzene rings is 1. The molecule has 0 amide bonds. The van der Waals surface area contributed by atoms with Gasteiger partial charge in [0.05, 0.1) is 12.7 Å². The minimum Gasteiger partial charge on any atom is -0.348 e. The summed E-state index contributed by atoms with van der Waals surface area (Å²) in [5.41, 5.74) is 0.818. The van der Waals surface area contributed by atoms with Crippen molar-refractivity contribution in [1.82, 2.24) is 5.32 Å². The van der Waals surface area contributed by atoms with Crippen LogP contribution in [0, 0.1) is 5.82 Å². The molecule has 5 heteroatoms. The van der Waals surface area contributed by atoms with Crippen LogP contribution < -0.4 is 5.32 Å². The van der Waals surface area contributed by atoms with Crippen LogP contribution in [0.4, 0.5) is 4.39 Å². The lowest BCUT2D eigenvalue weighted by molar-refractivity contribution is -0.137. The van der Waals surface area contributed by atoms with E-state index in [2.05, 4.69) is 5.32 Å². The van der Waals surface area contributed by atoms with Crippen molar-refractivity contribution in [2.24, 2.45) is 0 Å². The summed E-state index contributed by atoms with van der Waals surface area (Å²) in [7, 11) is 0. The van der Waals surface area contributed by atoms with E-state index in [1.54, 1.807) is 6.07 Å². The summed E-state index contributed by atoms with van der Waals surface area (Å²) >= 11 is 5.78. The molecule has 1 atom stereocenters. The molecule has 1 aliphatic rings. The second-order valence-electron chi connectivity index (χ2n) is 4.86. The average molecular weight is 274 g/mol. The molecule has 0 aliphatic carbocycles. The molecule has 0 aromatic heterocycles. The fourth-order valence-electron chi connectivity index (χ4n) is 1.95. The second kappa shape index (κ2) is 5.53. The highest BCUT2D eigenvalue weighted by atomic mass is 35.5. The lowest BCUT2D eigenvalue weighted by Gasteiger charge is -2.17. The lowest BCUT2D eigenvalue weighted by Crippen LogP contribution is -2.30. The Morgan fingerprint density at radius 1 is 1.44 bits per heavy atom. The van der Waals surface area contributed by atoms with Crippen molar-refractivity contribution in [3.63, 3.8) is 0 Å². The molecule has 0 radical (unpaired) electrons. The summed E-state index contributed by atoms with van der Waals surface area (Å²) in [6.07, 6.45) is 0.0315. The largest absolute Gasteiger partial charge is 0.348 e. The third kappa shape index (κ3) is 3.92. The van der Waals surface area contributed by atoms with E-state index >= 15 is 0 Å². The molecular weight excluding hydrogens is 257 g/mol. The van der Waals surface area contributed by atoms with Crippen molar-refractivity contribution in [2.75, 3.05) is 13.2 Å². The minimum absolute atomic E-state index is 0.0315. The number of hydrogen-bond acceptors (Lipinski definition) is 3. The Hall–Kier alpha value is -0.680. The van der Waals surface area contributed by atoms with E-state index in [0.717, 1.165) is 5.56 Å². The first kappa shape index (κ1) is 13.7. The summed E-state index contributed by atoms with van der Waals surface area (Å²) < 4.78 is 24.2. The van der Waals surface area contributed by atoms with Gasteiger partial charge >= 0.3 is 0 Å². The summed E-state index contributed by atoms with van der Waals surface area (Å²) in [5.74, 6) is -0.824. The number of nitrogens with one attached hydrogen (secondary N) is 1. The molecule has 1 aromatic rings. The molecule has 2 rings (SSSR count). The molecule has 0 saturated carbocycles. The highest BCUT2D eigenvalue weighted by Crippen LogP contribution is 2.21. The fraction of sp³-hybridized carbons (Fsp3) is 0.538. The van der Waals surface area contributed by atoms with Gasteiger partial charge in [0.15, 0.2) is 5.79 Å². The zero-order valence-electron chi connectivity index (χ0n) is 10.5. The Kier molecular flexibility index (Phi) is 4.22. The zero-order chi connectivity index (χ0) is 13.2. The third-order valence-corrected chi connectivity index (χ3v) is 2.91. The van der Waals surface area contributed by atoms with Crippen LogP contribution in [0.25, 0.3) is 0 Å². The van der Waals surface area contributed by atoms with E-state index in [1.807, 2.05) is 13.8 Å². The third-order valence-electron chi connectivity index (χ3n) is 2.69. The van der Waals surface area contributed by atoms with Crippen molar-refractivity contribution in [3.8, 4) is 0 Å². The summed E-state index contributed by atoms with van der Waals surface area (Å²) in [4.78, 5) is 0. The van der Waals surface area contributed by atoms with Crippen LogP contribution in [0.1, 0.15) is 19.4 Å².